The van der Waals surface area contributed by atoms with Crippen molar-refractivity contribution in [2.24, 2.45) is 0 Å². The number of nitrogens with one attached hydrogen (secondary N) is 1. The maximum absolute atomic E-state index is 10.6. The molecule has 5 heteroatoms. The first-order valence-corrected chi connectivity index (χ1v) is 3.83. The molecule has 0 aliphatic carbocycles. The molecule has 1 rings (SSSR count). The molecule has 0 fully saturated rings. The van der Waals surface area contributed by atoms with Crippen molar-refractivity contribution in [3.63, 3.8) is 0 Å². The summed E-state index contributed by atoms with van der Waals surface area (Å²) in [4.78, 5) is 19.2. The molecule has 0 amide bonds. The van der Waals surface area contributed by atoms with Crippen molar-refractivity contribution in [3.8, 4) is 5.75 Å². The predicted molar refractivity (Wildman–Crippen MR) is 45.5 cm³/mol. The highest BCUT2D eigenvalue weighted by molar-refractivity contribution is 5.88. The fourth-order valence-electron chi connectivity index (χ4n) is 0.783. The molecule has 0 radical (unpaired) electrons. The summed E-state index contributed by atoms with van der Waals surface area (Å²) in [6, 6.07) is 3.15. The zero-order chi connectivity index (χ0) is 9.68. The topological polar surface area (TPSA) is 71.5 Å². The van der Waals surface area contributed by atoms with Gasteiger partial charge >= 0.3 is 5.97 Å². The van der Waals surface area contributed by atoms with Gasteiger partial charge < -0.3 is 9.94 Å². The molecule has 0 unspecified atom stereocenters. The summed E-state index contributed by atoms with van der Waals surface area (Å²) >= 11 is 0. The second-order valence-electron chi connectivity index (χ2n) is 2.26. The molecule has 0 aliphatic rings. The maximum Gasteiger partial charge on any atom is 0.358 e. The van der Waals surface area contributed by atoms with Crippen molar-refractivity contribution in [1.82, 2.24) is 10.5 Å². The van der Waals surface area contributed by atoms with E-state index < -0.39 is 5.97 Å². The standard InChI is InChI=1S/C8H10N2O3/c1-2-10-13-6-4-3-5-9-7(6)8(11)12/h3-5,10H,2H2,1H3,(H,11,12). The Kier molecular flexibility index (Phi) is 3.22. The van der Waals surface area contributed by atoms with E-state index >= 15 is 0 Å². The lowest BCUT2D eigenvalue weighted by atomic mass is 10.3. The van der Waals surface area contributed by atoms with E-state index in [9.17, 15) is 4.79 Å². The van der Waals surface area contributed by atoms with Gasteiger partial charge in [-0.05, 0) is 19.1 Å². The van der Waals surface area contributed by atoms with Crippen LogP contribution in [0, 0.1) is 0 Å². The molecule has 0 aromatic carbocycles. The number of hydrogen-bond donors (Lipinski definition) is 2. The summed E-state index contributed by atoms with van der Waals surface area (Å²) in [5, 5.41) is 8.69. The third-order valence-corrected chi connectivity index (χ3v) is 1.30. The Labute approximate surface area is 75.3 Å². The van der Waals surface area contributed by atoms with Crippen LogP contribution in [0.1, 0.15) is 17.4 Å². The van der Waals surface area contributed by atoms with Crippen molar-refractivity contribution < 1.29 is 14.7 Å². The Hall–Kier alpha value is -1.62. The van der Waals surface area contributed by atoms with E-state index in [1.54, 1.807) is 12.1 Å². The molecule has 5 nitrogen and oxygen atoms in total. The van der Waals surface area contributed by atoms with E-state index in [4.69, 9.17) is 9.94 Å². The Balaban J connectivity index is 2.84. The number of aromatic nitrogens is 1. The van der Waals surface area contributed by atoms with E-state index in [-0.39, 0.29) is 11.4 Å². The number of pyridine rings is 1. The minimum atomic E-state index is -1.10. The second-order valence-corrected chi connectivity index (χ2v) is 2.26. The zero-order valence-electron chi connectivity index (χ0n) is 7.15. The molecule has 0 aliphatic heterocycles. The van der Waals surface area contributed by atoms with Crippen LogP contribution in [0.2, 0.25) is 0 Å². The van der Waals surface area contributed by atoms with E-state index in [0.717, 1.165) is 0 Å². The molecular weight excluding hydrogens is 172 g/mol. The fourth-order valence-corrected chi connectivity index (χ4v) is 0.783. The van der Waals surface area contributed by atoms with E-state index in [2.05, 4.69) is 10.5 Å². The van der Waals surface area contributed by atoms with E-state index in [0.29, 0.717) is 6.54 Å². The summed E-state index contributed by atoms with van der Waals surface area (Å²) in [7, 11) is 0. The quantitative estimate of drug-likeness (QED) is 0.670. The van der Waals surface area contributed by atoms with Crippen LogP contribution >= 0.6 is 0 Å². The van der Waals surface area contributed by atoms with Gasteiger partial charge in [0.15, 0.2) is 11.4 Å². The molecule has 13 heavy (non-hydrogen) atoms. The van der Waals surface area contributed by atoms with Crippen LogP contribution in [0.5, 0.6) is 5.75 Å². The number of hydroxylamine groups is 1. The minimum absolute atomic E-state index is 0.0940. The zero-order valence-corrected chi connectivity index (χ0v) is 7.15. The average molecular weight is 182 g/mol. The van der Waals surface area contributed by atoms with Gasteiger partial charge in [0.1, 0.15) is 0 Å². The first-order valence-electron chi connectivity index (χ1n) is 3.83. The van der Waals surface area contributed by atoms with E-state index in [1.165, 1.54) is 6.20 Å². The van der Waals surface area contributed by atoms with E-state index in [1.807, 2.05) is 6.92 Å². The van der Waals surface area contributed by atoms with Crippen LogP contribution in [-0.2, 0) is 0 Å². The summed E-state index contributed by atoms with van der Waals surface area (Å²) < 4.78 is 0. The van der Waals surface area contributed by atoms with Gasteiger partial charge in [-0.3, -0.25) is 0 Å². The lowest BCUT2D eigenvalue weighted by Gasteiger charge is -2.05. The molecule has 70 valence electrons. The maximum atomic E-state index is 10.6. The van der Waals surface area contributed by atoms with Crippen molar-refractivity contribution in [3.05, 3.63) is 24.0 Å². The highest BCUT2D eigenvalue weighted by Crippen LogP contribution is 2.13. The Morgan fingerprint density at radius 1 is 1.77 bits per heavy atom. The smallest absolute Gasteiger partial charge is 0.358 e. The highest BCUT2D eigenvalue weighted by Gasteiger charge is 2.11. The third-order valence-electron chi connectivity index (χ3n) is 1.30. The first kappa shape index (κ1) is 9.47. The molecule has 2 N–H and O–H groups in total. The number of hydrogen-bond acceptors (Lipinski definition) is 4. The number of rotatable bonds is 4. The molecule has 0 spiro atoms. The second kappa shape index (κ2) is 4.42. The van der Waals surface area contributed by atoms with Crippen molar-refractivity contribution in [2.75, 3.05) is 6.54 Å². The monoisotopic (exact) mass is 182 g/mol. The Morgan fingerprint density at radius 2 is 2.54 bits per heavy atom. The molecular formula is C8H10N2O3. The molecule has 0 bridgehead atoms. The number of carboxylic acid groups (broad SMARTS) is 1. The fraction of sp³-hybridized carbons (Fsp3) is 0.250. The first-order chi connectivity index (χ1) is 6.25. The number of nitrogens with zero attached hydrogens (tertiary/aromatic N) is 1. The molecule has 1 heterocycles. The van der Waals surface area contributed by atoms with Crippen LogP contribution in [0.4, 0.5) is 0 Å². The molecule has 1 aromatic heterocycles. The summed E-state index contributed by atoms with van der Waals surface area (Å²) in [5.41, 5.74) is 2.46. The van der Waals surface area contributed by atoms with Crippen LogP contribution < -0.4 is 10.3 Å². The summed E-state index contributed by atoms with van der Waals surface area (Å²) in [6.45, 7) is 2.44. The Bertz CT molecular complexity index is 301. The van der Waals surface area contributed by atoms with Gasteiger partial charge in [-0.2, -0.15) is 5.48 Å². The van der Waals surface area contributed by atoms with Crippen molar-refractivity contribution in [2.45, 2.75) is 6.92 Å². The van der Waals surface area contributed by atoms with Gasteiger partial charge in [0.2, 0.25) is 0 Å². The number of carboxylic acids is 1. The van der Waals surface area contributed by atoms with Crippen LogP contribution in [0.25, 0.3) is 0 Å². The predicted octanol–water partition coefficient (Wildman–Crippen LogP) is 0.683. The van der Waals surface area contributed by atoms with Gasteiger partial charge in [0.25, 0.3) is 0 Å². The molecule has 0 saturated heterocycles. The van der Waals surface area contributed by atoms with Crippen LogP contribution in [0.3, 0.4) is 0 Å². The highest BCUT2D eigenvalue weighted by atomic mass is 16.6. The summed E-state index contributed by atoms with van der Waals surface area (Å²) in [6.07, 6.45) is 1.41. The SMILES string of the molecule is CCNOc1cccnc1C(=O)O. The number of aromatic carboxylic acids is 1. The van der Waals surface area contributed by atoms with Crippen LogP contribution in [0.15, 0.2) is 18.3 Å². The van der Waals surface area contributed by atoms with Gasteiger partial charge in [-0.1, -0.05) is 0 Å². The molecule has 0 saturated carbocycles. The minimum Gasteiger partial charge on any atom is -0.476 e. The average Bonchev–Trinajstić information content (AvgIpc) is 2.15. The van der Waals surface area contributed by atoms with Gasteiger partial charge in [0, 0.05) is 12.7 Å². The number of carbonyl (C=O) groups is 1. The third kappa shape index (κ3) is 2.41. The molecule has 1 aromatic rings. The summed E-state index contributed by atoms with van der Waals surface area (Å²) in [5.74, 6) is -0.884. The van der Waals surface area contributed by atoms with Crippen LogP contribution in [-0.4, -0.2) is 22.6 Å². The largest absolute Gasteiger partial charge is 0.476 e. The Morgan fingerprint density at radius 3 is 3.15 bits per heavy atom. The van der Waals surface area contributed by atoms with Gasteiger partial charge in [-0.25, -0.2) is 9.78 Å². The molecule has 0 atom stereocenters. The normalized spacial score (nSPS) is 9.62. The van der Waals surface area contributed by atoms with Gasteiger partial charge in [-0.15, -0.1) is 0 Å². The van der Waals surface area contributed by atoms with Crippen molar-refractivity contribution >= 4 is 5.97 Å². The lowest BCUT2D eigenvalue weighted by Crippen LogP contribution is -2.19. The lowest BCUT2D eigenvalue weighted by molar-refractivity contribution is 0.0680. The van der Waals surface area contributed by atoms with Crippen molar-refractivity contribution in [1.29, 1.82) is 0 Å². The van der Waals surface area contributed by atoms with Gasteiger partial charge in [0.05, 0.1) is 0 Å².